The second-order valence-electron chi connectivity index (χ2n) is 5.67. The molecule has 19 heavy (non-hydrogen) atoms. The Balaban J connectivity index is 1.81. The number of aryl methyl sites for hydroxylation is 1. The fourth-order valence-electron chi connectivity index (χ4n) is 3.11. The first-order valence-corrected chi connectivity index (χ1v) is 8.46. The average molecular weight is 273 g/mol. The molecule has 0 aromatic heterocycles. The molecule has 1 aromatic rings. The van der Waals surface area contributed by atoms with Crippen molar-refractivity contribution in [3.63, 3.8) is 0 Å². The predicted molar refractivity (Wildman–Crippen MR) is 84.7 cm³/mol. The first-order valence-electron chi connectivity index (χ1n) is 7.48. The fourth-order valence-corrected chi connectivity index (χ4v) is 4.22. The molecule has 2 aliphatic rings. The van der Waals surface area contributed by atoms with E-state index in [1.54, 1.807) is 0 Å². The summed E-state index contributed by atoms with van der Waals surface area (Å²) in [6.07, 6.45) is 5.33. The van der Waals surface area contributed by atoms with E-state index in [9.17, 15) is 0 Å². The highest BCUT2D eigenvalue weighted by atomic mass is 32.2. The van der Waals surface area contributed by atoms with Crippen LogP contribution in [0.2, 0.25) is 0 Å². The van der Waals surface area contributed by atoms with Crippen molar-refractivity contribution in [2.45, 2.75) is 43.5 Å². The lowest BCUT2D eigenvalue weighted by Gasteiger charge is -2.35. The van der Waals surface area contributed by atoms with Crippen LogP contribution in [0.3, 0.4) is 0 Å². The Labute approximate surface area is 120 Å². The Hall–Kier alpha value is -0.730. The summed E-state index contributed by atoms with van der Waals surface area (Å²) in [5.41, 5.74) is 4.15. The maximum Gasteiger partial charge on any atom is 0.0348 e. The molecule has 0 amide bonds. The number of hydrogen-bond acceptors (Lipinski definition) is 2. The van der Waals surface area contributed by atoms with Gasteiger partial charge in [-0.15, -0.1) is 11.8 Å². The van der Waals surface area contributed by atoms with Crippen molar-refractivity contribution in [1.29, 1.82) is 0 Å². The van der Waals surface area contributed by atoms with Crippen LogP contribution in [0.4, 0.5) is 0 Å². The lowest BCUT2D eigenvalue weighted by atomic mass is 9.76. The van der Waals surface area contributed by atoms with Crippen molar-refractivity contribution in [2.24, 2.45) is 5.92 Å². The van der Waals surface area contributed by atoms with Crippen LogP contribution in [0.25, 0.3) is 5.57 Å². The SMILES string of the molecule is C=C(c1ccc2c(c1)SCC2)C(NCC)C1CCC1. The number of nitrogens with one attached hydrogen (secondary N) is 1. The number of fused-ring (bicyclic) bond motifs is 1. The summed E-state index contributed by atoms with van der Waals surface area (Å²) in [5.74, 6) is 2.04. The van der Waals surface area contributed by atoms with Gasteiger partial charge in [-0.1, -0.05) is 32.1 Å². The number of hydrogen-bond donors (Lipinski definition) is 1. The Bertz CT molecular complexity index is 476. The van der Waals surface area contributed by atoms with Crippen LogP contribution in [0.1, 0.15) is 37.3 Å². The molecule has 102 valence electrons. The summed E-state index contributed by atoms with van der Waals surface area (Å²) in [6, 6.07) is 7.41. The van der Waals surface area contributed by atoms with E-state index in [4.69, 9.17) is 0 Å². The van der Waals surface area contributed by atoms with Gasteiger partial charge >= 0.3 is 0 Å². The molecule has 0 saturated heterocycles. The standard InChI is InChI=1S/C17H23NS/c1-3-18-17(14-5-4-6-14)12(2)15-8-7-13-9-10-19-16(13)11-15/h7-8,11,14,17-18H,2-6,9-10H2,1H3. The first kappa shape index (κ1) is 13.3. The zero-order chi connectivity index (χ0) is 13.2. The predicted octanol–water partition coefficient (Wildman–Crippen LogP) is 4.13. The van der Waals surface area contributed by atoms with Gasteiger partial charge in [0.2, 0.25) is 0 Å². The Kier molecular flexibility index (Phi) is 3.99. The third-order valence-electron chi connectivity index (χ3n) is 4.49. The van der Waals surface area contributed by atoms with E-state index in [-0.39, 0.29) is 0 Å². The molecule has 0 bridgehead atoms. The lowest BCUT2D eigenvalue weighted by molar-refractivity contribution is 0.267. The van der Waals surface area contributed by atoms with Gasteiger partial charge in [-0.25, -0.2) is 0 Å². The summed E-state index contributed by atoms with van der Waals surface area (Å²) >= 11 is 1.99. The minimum absolute atomic E-state index is 0.475. The molecule has 0 spiro atoms. The van der Waals surface area contributed by atoms with Crippen LogP contribution in [0, 0.1) is 5.92 Å². The third kappa shape index (κ3) is 2.61. The highest BCUT2D eigenvalue weighted by Crippen LogP contribution is 2.38. The summed E-state index contributed by atoms with van der Waals surface area (Å²) in [7, 11) is 0. The molecule has 2 heteroatoms. The van der Waals surface area contributed by atoms with Gasteiger partial charge in [-0.05, 0) is 54.5 Å². The van der Waals surface area contributed by atoms with Gasteiger partial charge in [-0.2, -0.15) is 0 Å². The number of benzene rings is 1. The highest BCUT2D eigenvalue weighted by molar-refractivity contribution is 7.99. The normalized spacial score (nSPS) is 19.8. The number of likely N-dealkylation sites (N-methyl/N-ethyl adjacent to an activating group) is 1. The van der Waals surface area contributed by atoms with E-state index in [2.05, 4.69) is 37.0 Å². The summed E-state index contributed by atoms with van der Waals surface area (Å²) in [4.78, 5) is 1.47. The molecule has 1 fully saturated rings. The van der Waals surface area contributed by atoms with E-state index < -0.39 is 0 Å². The molecule has 1 nitrogen and oxygen atoms in total. The van der Waals surface area contributed by atoms with Gasteiger partial charge < -0.3 is 5.32 Å². The van der Waals surface area contributed by atoms with E-state index in [1.165, 1.54) is 53.0 Å². The Morgan fingerprint density at radius 1 is 1.47 bits per heavy atom. The monoisotopic (exact) mass is 273 g/mol. The zero-order valence-electron chi connectivity index (χ0n) is 11.7. The van der Waals surface area contributed by atoms with Crippen molar-refractivity contribution in [3.05, 3.63) is 35.9 Å². The second-order valence-corrected chi connectivity index (χ2v) is 6.81. The van der Waals surface area contributed by atoms with Crippen LogP contribution in [0.5, 0.6) is 0 Å². The van der Waals surface area contributed by atoms with Gasteiger partial charge in [0.1, 0.15) is 0 Å². The van der Waals surface area contributed by atoms with Crippen LogP contribution < -0.4 is 5.32 Å². The topological polar surface area (TPSA) is 12.0 Å². The molecule has 1 unspecified atom stereocenters. The first-order chi connectivity index (χ1) is 9.29. The van der Waals surface area contributed by atoms with Gasteiger partial charge in [0, 0.05) is 16.7 Å². The summed E-state index contributed by atoms with van der Waals surface area (Å²) in [5, 5.41) is 3.64. The van der Waals surface area contributed by atoms with E-state index >= 15 is 0 Å². The van der Waals surface area contributed by atoms with E-state index in [1.807, 2.05) is 11.8 Å². The second kappa shape index (κ2) is 5.72. The maximum atomic E-state index is 4.40. The molecule has 3 rings (SSSR count). The molecule has 1 aliphatic heterocycles. The number of thioether (sulfide) groups is 1. The minimum Gasteiger partial charge on any atom is -0.310 e. The fraction of sp³-hybridized carbons (Fsp3) is 0.529. The largest absolute Gasteiger partial charge is 0.310 e. The Morgan fingerprint density at radius 3 is 3.00 bits per heavy atom. The van der Waals surface area contributed by atoms with Gasteiger partial charge in [0.05, 0.1) is 0 Å². The third-order valence-corrected chi connectivity index (χ3v) is 5.59. The molecule has 1 N–H and O–H groups in total. The van der Waals surface area contributed by atoms with E-state index in [0.717, 1.165) is 12.5 Å². The van der Waals surface area contributed by atoms with E-state index in [0.29, 0.717) is 6.04 Å². The van der Waals surface area contributed by atoms with Crippen LogP contribution >= 0.6 is 11.8 Å². The number of rotatable bonds is 5. The van der Waals surface area contributed by atoms with Gasteiger partial charge in [0.25, 0.3) is 0 Å². The minimum atomic E-state index is 0.475. The summed E-state index contributed by atoms with van der Waals surface area (Å²) in [6.45, 7) is 7.62. The van der Waals surface area contributed by atoms with Crippen LogP contribution in [0.15, 0.2) is 29.7 Å². The van der Waals surface area contributed by atoms with Gasteiger partial charge in [-0.3, -0.25) is 0 Å². The molecule has 1 saturated carbocycles. The Morgan fingerprint density at radius 2 is 2.32 bits per heavy atom. The van der Waals surface area contributed by atoms with Crippen molar-refractivity contribution in [1.82, 2.24) is 5.32 Å². The van der Waals surface area contributed by atoms with Crippen LogP contribution in [-0.2, 0) is 6.42 Å². The van der Waals surface area contributed by atoms with Crippen molar-refractivity contribution in [3.8, 4) is 0 Å². The molecule has 1 atom stereocenters. The lowest BCUT2D eigenvalue weighted by Crippen LogP contribution is -2.40. The molecule has 0 radical (unpaired) electrons. The van der Waals surface area contributed by atoms with Gasteiger partial charge in [0.15, 0.2) is 0 Å². The molecule has 1 aromatic carbocycles. The molecular formula is C17H23NS. The zero-order valence-corrected chi connectivity index (χ0v) is 12.6. The average Bonchev–Trinajstić information content (AvgIpc) is 2.82. The van der Waals surface area contributed by atoms with Crippen molar-refractivity contribution in [2.75, 3.05) is 12.3 Å². The quantitative estimate of drug-likeness (QED) is 0.866. The van der Waals surface area contributed by atoms with Crippen molar-refractivity contribution < 1.29 is 0 Å². The molecule has 1 aliphatic carbocycles. The molecular weight excluding hydrogens is 250 g/mol. The summed E-state index contributed by atoms with van der Waals surface area (Å²) < 4.78 is 0. The van der Waals surface area contributed by atoms with Crippen LogP contribution in [-0.4, -0.2) is 18.3 Å². The van der Waals surface area contributed by atoms with Crippen molar-refractivity contribution >= 4 is 17.3 Å². The maximum absolute atomic E-state index is 4.40. The highest BCUT2D eigenvalue weighted by Gasteiger charge is 2.29. The smallest absolute Gasteiger partial charge is 0.0348 e. The molecule has 1 heterocycles.